The average Bonchev–Trinajstić information content (AvgIpc) is 2.82. The molecule has 3 nitrogen and oxygen atoms in total. The van der Waals surface area contributed by atoms with Gasteiger partial charge in [0.25, 0.3) is 0 Å². The van der Waals surface area contributed by atoms with E-state index in [1.54, 1.807) is 7.11 Å². The van der Waals surface area contributed by atoms with E-state index in [1.807, 2.05) is 6.92 Å². The van der Waals surface area contributed by atoms with E-state index in [-0.39, 0.29) is 12.0 Å². The largest absolute Gasteiger partial charge is 0.481 e. The summed E-state index contributed by atoms with van der Waals surface area (Å²) in [5.74, 6) is 0.155. The van der Waals surface area contributed by atoms with Gasteiger partial charge in [0, 0.05) is 7.11 Å². The van der Waals surface area contributed by atoms with Crippen molar-refractivity contribution in [2.24, 2.45) is 17.3 Å². The fraction of sp³-hybridized carbons (Fsp3) is 0.933. The molecular weight excluding hydrogens is 228 g/mol. The Morgan fingerprint density at radius 2 is 1.89 bits per heavy atom. The zero-order chi connectivity index (χ0) is 13.8. The highest BCUT2D eigenvalue weighted by Gasteiger charge is 2.50. The molecule has 2 atom stereocenters. The molecule has 0 saturated heterocycles. The van der Waals surface area contributed by atoms with Gasteiger partial charge >= 0.3 is 5.97 Å². The van der Waals surface area contributed by atoms with Crippen LogP contribution in [0, 0.1) is 17.3 Å². The average molecular weight is 256 g/mol. The van der Waals surface area contributed by atoms with Crippen LogP contribution in [0.15, 0.2) is 0 Å². The molecule has 0 aromatic heterocycles. The molecule has 1 saturated carbocycles. The predicted molar refractivity (Wildman–Crippen MR) is 72.6 cm³/mol. The van der Waals surface area contributed by atoms with E-state index in [2.05, 4.69) is 13.8 Å². The Hall–Kier alpha value is -0.570. The second kappa shape index (κ2) is 6.55. The molecule has 2 unspecified atom stereocenters. The van der Waals surface area contributed by atoms with Crippen LogP contribution in [0.4, 0.5) is 0 Å². The van der Waals surface area contributed by atoms with Crippen molar-refractivity contribution in [3.8, 4) is 0 Å². The van der Waals surface area contributed by atoms with Gasteiger partial charge < -0.3 is 9.84 Å². The second-order valence-corrected chi connectivity index (χ2v) is 6.14. The first kappa shape index (κ1) is 15.5. The van der Waals surface area contributed by atoms with E-state index in [9.17, 15) is 9.90 Å². The normalized spacial score (nSPS) is 22.1. The lowest BCUT2D eigenvalue weighted by molar-refractivity contribution is -0.165. The van der Waals surface area contributed by atoms with Gasteiger partial charge in [0.05, 0.1) is 11.5 Å². The molecule has 0 bridgehead atoms. The molecule has 1 rings (SSSR count). The summed E-state index contributed by atoms with van der Waals surface area (Å²) in [6, 6.07) is 0. The van der Waals surface area contributed by atoms with Gasteiger partial charge in [-0.05, 0) is 44.4 Å². The Morgan fingerprint density at radius 3 is 2.28 bits per heavy atom. The summed E-state index contributed by atoms with van der Waals surface area (Å²) >= 11 is 0. The molecule has 0 radical (unpaired) electrons. The lowest BCUT2D eigenvalue weighted by atomic mass is 9.67. The first-order valence-electron chi connectivity index (χ1n) is 7.21. The van der Waals surface area contributed by atoms with Crippen molar-refractivity contribution in [2.45, 2.75) is 65.4 Å². The number of aliphatic carboxylic acids is 1. The summed E-state index contributed by atoms with van der Waals surface area (Å²) in [5.41, 5.74) is -0.685. The van der Waals surface area contributed by atoms with Crippen molar-refractivity contribution < 1.29 is 14.6 Å². The van der Waals surface area contributed by atoms with E-state index < -0.39 is 11.4 Å². The van der Waals surface area contributed by atoms with Gasteiger partial charge in [-0.25, -0.2) is 0 Å². The van der Waals surface area contributed by atoms with Crippen LogP contribution >= 0.6 is 0 Å². The zero-order valence-electron chi connectivity index (χ0n) is 12.2. The summed E-state index contributed by atoms with van der Waals surface area (Å²) in [5, 5.41) is 9.82. The highest BCUT2D eigenvalue weighted by Crippen LogP contribution is 2.47. The highest BCUT2D eigenvalue weighted by atomic mass is 16.5. The molecule has 1 N–H and O–H groups in total. The molecule has 1 aliphatic rings. The monoisotopic (exact) mass is 256 g/mol. The molecule has 0 aliphatic heterocycles. The molecule has 18 heavy (non-hydrogen) atoms. The standard InChI is InChI=1S/C15H28O3/c1-11(2)9-10-15(14(16)17,12(3)18-4)13-7-5-6-8-13/h11-13H,5-10H2,1-4H3,(H,16,17). The maximum absolute atomic E-state index is 11.9. The minimum absolute atomic E-state index is 0.211. The van der Waals surface area contributed by atoms with Crippen molar-refractivity contribution in [3.63, 3.8) is 0 Å². The smallest absolute Gasteiger partial charge is 0.312 e. The number of hydrogen-bond donors (Lipinski definition) is 1. The summed E-state index contributed by atoms with van der Waals surface area (Å²) in [6.07, 6.45) is 5.89. The van der Waals surface area contributed by atoms with Gasteiger partial charge in [-0.2, -0.15) is 0 Å². The van der Waals surface area contributed by atoms with Gasteiger partial charge in [0.15, 0.2) is 0 Å². The third-order valence-electron chi connectivity index (χ3n) is 4.70. The molecule has 0 aromatic carbocycles. The van der Waals surface area contributed by atoms with Crippen molar-refractivity contribution in [1.82, 2.24) is 0 Å². The second-order valence-electron chi connectivity index (χ2n) is 6.14. The summed E-state index contributed by atoms with van der Waals surface area (Å²) < 4.78 is 5.44. The van der Waals surface area contributed by atoms with Crippen LogP contribution in [-0.2, 0) is 9.53 Å². The minimum atomic E-state index is -0.685. The van der Waals surface area contributed by atoms with Crippen molar-refractivity contribution in [1.29, 1.82) is 0 Å². The first-order chi connectivity index (χ1) is 8.45. The number of rotatable bonds is 7. The minimum Gasteiger partial charge on any atom is -0.481 e. The quantitative estimate of drug-likeness (QED) is 0.755. The molecule has 0 spiro atoms. The van der Waals surface area contributed by atoms with Gasteiger partial charge in [-0.3, -0.25) is 4.79 Å². The Kier molecular flexibility index (Phi) is 5.64. The molecular formula is C15H28O3. The first-order valence-corrected chi connectivity index (χ1v) is 7.21. The third kappa shape index (κ3) is 3.05. The predicted octanol–water partition coefficient (Wildman–Crippen LogP) is 3.72. The Labute approximate surface area is 111 Å². The summed E-state index contributed by atoms with van der Waals surface area (Å²) in [4.78, 5) is 11.9. The molecule has 0 aromatic rings. The van der Waals surface area contributed by atoms with E-state index in [0.29, 0.717) is 5.92 Å². The SMILES string of the molecule is COC(C)C(CCC(C)C)(C(=O)O)C1CCCC1. The number of carbonyl (C=O) groups is 1. The highest BCUT2D eigenvalue weighted by molar-refractivity contribution is 5.76. The van der Waals surface area contributed by atoms with Crippen LogP contribution in [0.2, 0.25) is 0 Å². The third-order valence-corrected chi connectivity index (χ3v) is 4.70. The number of carboxylic acids is 1. The van der Waals surface area contributed by atoms with E-state index >= 15 is 0 Å². The Morgan fingerprint density at radius 1 is 1.33 bits per heavy atom. The topological polar surface area (TPSA) is 46.5 Å². The van der Waals surface area contributed by atoms with Gasteiger partial charge in [0.2, 0.25) is 0 Å². The van der Waals surface area contributed by atoms with Crippen LogP contribution < -0.4 is 0 Å². The van der Waals surface area contributed by atoms with E-state index in [0.717, 1.165) is 38.5 Å². The lowest BCUT2D eigenvalue weighted by Gasteiger charge is -2.40. The van der Waals surface area contributed by atoms with Crippen LogP contribution in [0.5, 0.6) is 0 Å². The van der Waals surface area contributed by atoms with Gasteiger partial charge in [-0.15, -0.1) is 0 Å². The molecule has 1 aliphatic carbocycles. The molecule has 3 heteroatoms. The number of ether oxygens (including phenoxy) is 1. The fourth-order valence-electron chi connectivity index (χ4n) is 3.37. The molecule has 106 valence electrons. The number of hydrogen-bond acceptors (Lipinski definition) is 2. The van der Waals surface area contributed by atoms with E-state index in [1.165, 1.54) is 0 Å². The van der Waals surface area contributed by atoms with Crippen molar-refractivity contribution in [3.05, 3.63) is 0 Å². The van der Waals surface area contributed by atoms with Crippen LogP contribution in [0.1, 0.15) is 59.3 Å². The Bertz CT molecular complexity index is 269. The Balaban J connectivity index is 2.96. The number of carboxylic acid groups (broad SMARTS) is 1. The lowest BCUT2D eigenvalue weighted by Crippen LogP contribution is -2.47. The van der Waals surface area contributed by atoms with E-state index in [4.69, 9.17) is 4.74 Å². The molecule has 0 amide bonds. The fourth-order valence-corrected chi connectivity index (χ4v) is 3.37. The van der Waals surface area contributed by atoms with Crippen molar-refractivity contribution >= 4 is 5.97 Å². The summed E-state index contributed by atoms with van der Waals surface area (Å²) in [6.45, 7) is 6.23. The molecule has 0 heterocycles. The van der Waals surface area contributed by atoms with Gasteiger partial charge in [0.1, 0.15) is 0 Å². The van der Waals surface area contributed by atoms with Crippen molar-refractivity contribution in [2.75, 3.05) is 7.11 Å². The van der Waals surface area contributed by atoms with Gasteiger partial charge in [-0.1, -0.05) is 26.7 Å². The van der Waals surface area contributed by atoms with Crippen LogP contribution in [0.25, 0.3) is 0 Å². The summed E-state index contributed by atoms with van der Waals surface area (Å²) in [7, 11) is 1.63. The zero-order valence-corrected chi connectivity index (χ0v) is 12.2. The number of methoxy groups -OCH3 is 1. The van der Waals surface area contributed by atoms with Crippen LogP contribution in [-0.4, -0.2) is 24.3 Å². The van der Waals surface area contributed by atoms with Crippen LogP contribution in [0.3, 0.4) is 0 Å². The maximum atomic E-state index is 11.9. The maximum Gasteiger partial charge on any atom is 0.312 e. The molecule has 1 fully saturated rings.